The number of benzene rings is 1. The van der Waals surface area contributed by atoms with Crippen LogP contribution >= 0.6 is 15.9 Å². The summed E-state index contributed by atoms with van der Waals surface area (Å²) < 4.78 is 12.8. The van der Waals surface area contributed by atoms with E-state index in [0.717, 1.165) is 6.07 Å². The van der Waals surface area contributed by atoms with Gasteiger partial charge in [0.15, 0.2) is 0 Å². The molecule has 0 radical (unpaired) electrons. The van der Waals surface area contributed by atoms with Gasteiger partial charge in [0, 0.05) is 4.47 Å². The van der Waals surface area contributed by atoms with Gasteiger partial charge in [-0.25, -0.2) is 9.18 Å². The molecule has 0 heterocycles. The van der Waals surface area contributed by atoms with E-state index in [-0.39, 0.29) is 36.5 Å². The molecule has 0 spiro atoms. The van der Waals surface area contributed by atoms with E-state index >= 15 is 0 Å². The molecule has 1 rings (SSSR count). The number of carbonyl (C=O) groups is 1. The number of aromatic carboxylic acids is 1. The molecule has 0 fully saturated rings. The molecule has 12 heavy (non-hydrogen) atoms. The summed E-state index contributed by atoms with van der Waals surface area (Å²) in [6, 6.07) is 3.52. The van der Waals surface area contributed by atoms with E-state index in [4.69, 9.17) is 5.11 Å². The van der Waals surface area contributed by atoms with Crippen molar-refractivity contribution in [3.05, 3.63) is 34.1 Å². The average molecular weight is 243 g/mol. The molecule has 0 aromatic heterocycles. The van der Waals surface area contributed by atoms with Crippen LogP contribution in [0.25, 0.3) is 0 Å². The quantitative estimate of drug-likeness (QED) is 0.669. The van der Waals surface area contributed by atoms with Crippen molar-refractivity contribution in [2.24, 2.45) is 0 Å². The molecule has 5 heteroatoms. The summed E-state index contributed by atoms with van der Waals surface area (Å²) in [7, 11) is 0. The molecule has 0 aliphatic heterocycles. The average Bonchev–Trinajstić information content (AvgIpc) is 1.94. The minimum absolute atomic E-state index is 0. The Kier molecular flexibility index (Phi) is 5.01. The van der Waals surface area contributed by atoms with Gasteiger partial charge in [-0.1, -0.05) is 0 Å². The van der Waals surface area contributed by atoms with Gasteiger partial charge in [0.1, 0.15) is 5.82 Å². The Morgan fingerprint density at radius 1 is 1.58 bits per heavy atom. The number of carboxylic acids is 1. The fourth-order valence-corrected chi connectivity index (χ4v) is 1.08. The Morgan fingerprint density at radius 2 is 2.17 bits per heavy atom. The first-order valence-electron chi connectivity index (χ1n) is 2.79. The Labute approximate surface area is 101 Å². The third-order valence-corrected chi connectivity index (χ3v) is 1.85. The van der Waals surface area contributed by atoms with Crippen LogP contribution in [0.4, 0.5) is 4.39 Å². The Bertz CT molecular complexity index is 309. The number of hydrogen-bond donors (Lipinski definition) is 1. The molecule has 1 aromatic carbocycles. The third-order valence-electron chi connectivity index (χ3n) is 1.16. The fourth-order valence-electron chi connectivity index (χ4n) is 0.661. The van der Waals surface area contributed by atoms with Gasteiger partial charge in [-0.05, 0) is 34.1 Å². The monoisotopic (exact) mass is 242 g/mol. The van der Waals surface area contributed by atoms with E-state index in [1.165, 1.54) is 12.1 Å². The minimum Gasteiger partial charge on any atom is -1.00 e. The molecule has 1 N–H and O–H groups in total. The molecule has 0 amide bonds. The first-order chi connectivity index (χ1) is 5.11. The summed E-state index contributed by atoms with van der Waals surface area (Å²) in [5, 5.41) is 8.49. The summed E-state index contributed by atoms with van der Waals surface area (Å²) in [5.41, 5.74) is -0.0648. The van der Waals surface area contributed by atoms with Crippen molar-refractivity contribution in [3.63, 3.8) is 0 Å². The van der Waals surface area contributed by atoms with E-state index in [2.05, 4.69) is 15.9 Å². The molecule has 0 unspecified atom stereocenters. The molecule has 0 saturated carbocycles. The van der Waals surface area contributed by atoms with E-state index in [1.807, 2.05) is 0 Å². The zero-order valence-corrected chi connectivity index (χ0v) is 9.93. The predicted octanol–water partition coefficient (Wildman–Crippen LogP) is -0.597. The van der Waals surface area contributed by atoms with Crippen molar-refractivity contribution in [2.75, 3.05) is 0 Å². The third kappa shape index (κ3) is 2.86. The largest absolute Gasteiger partial charge is 1.00 e. The van der Waals surface area contributed by atoms with Gasteiger partial charge in [-0.15, -0.1) is 0 Å². The van der Waals surface area contributed by atoms with Crippen molar-refractivity contribution in [1.82, 2.24) is 0 Å². The maximum absolute atomic E-state index is 12.4. The van der Waals surface area contributed by atoms with Gasteiger partial charge < -0.3 is 6.53 Å². The molecule has 0 saturated heterocycles. The maximum Gasteiger partial charge on any atom is 1.00 e. The van der Waals surface area contributed by atoms with Gasteiger partial charge in [-0.3, -0.25) is 0 Å². The van der Waals surface area contributed by atoms with Crippen LogP contribution in [0.5, 0.6) is 0 Å². The summed E-state index contributed by atoms with van der Waals surface area (Å²) in [6.45, 7) is 0. The van der Waals surface area contributed by atoms with Crippen LogP contribution in [-0.2, 0) is 0 Å². The molecule has 60 valence electrons. The Hall–Kier alpha value is 0.100. The van der Waals surface area contributed by atoms with E-state index in [0.29, 0.717) is 4.47 Å². The summed E-state index contributed by atoms with van der Waals surface area (Å²) in [6.07, 6.45) is 0. The van der Waals surface area contributed by atoms with Crippen molar-refractivity contribution in [2.45, 2.75) is 0 Å². The van der Waals surface area contributed by atoms with Crippen molar-refractivity contribution < 1.29 is 45.3 Å². The van der Waals surface area contributed by atoms with Gasteiger partial charge in [-0.2, -0.15) is 0 Å². The van der Waals surface area contributed by atoms with Gasteiger partial charge in [0.25, 0.3) is 0 Å². The summed E-state index contributed by atoms with van der Waals surface area (Å²) in [5.74, 6) is -1.69. The molecule has 1 aromatic rings. The Morgan fingerprint density at radius 3 is 2.58 bits per heavy atom. The van der Waals surface area contributed by atoms with Crippen LogP contribution < -0.4 is 29.6 Å². The smallest absolute Gasteiger partial charge is 1.00 e. The SMILES string of the molecule is O=C(O)c1cc(F)ccc1Br.[H-].[Na+]. The van der Waals surface area contributed by atoms with Crippen LogP contribution in [0.3, 0.4) is 0 Å². The predicted molar refractivity (Wildman–Crippen MR) is 42.2 cm³/mol. The topological polar surface area (TPSA) is 37.3 Å². The van der Waals surface area contributed by atoms with Crippen molar-refractivity contribution in [3.8, 4) is 0 Å². The number of halogens is 2. The van der Waals surface area contributed by atoms with E-state index in [1.54, 1.807) is 0 Å². The maximum atomic E-state index is 12.4. The Balaban J connectivity index is 0. The van der Waals surface area contributed by atoms with Crippen LogP contribution in [0.2, 0.25) is 0 Å². The first-order valence-corrected chi connectivity index (χ1v) is 3.59. The van der Waals surface area contributed by atoms with Crippen molar-refractivity contribution >= 4 is 21.9 Å². The zero-order valence-electron chi connectivity index (χ0n) is 7.34. The zero-order chi connectivity index (χ0) is 8.43. The van der Waals surface area contributed by atoms with Crippen LogP contribution in [0.15, 0.2) is 22.7 Å². The number of hydrogen-bond acceptors (Lipinski definition) is 1. The second-order valence-electron chi connectivity index (χ2n) is 1.93. The normalized spacial score (nSPS) is 8.83. The van der Waals surface area contributed by atoms with Gasteiger partial charge >= 0.3 is 35.5 Å². The van der Waals surface area contributed by atoms with Crippen LogP contribution in [-0.4, -0.2) is 11.1 Å². The first kappa shape index (κ1) is 12.1. The molecule has 0 atom stereocenters. The molecular formula is C7H5BrFNaO2. The molecule has 0 aliphatic carbocycles. The number of carboxylic acid groups (broad SMARTS) is 1. The van der Waals surface area contributed by atoms with Crippen molar-refractivity contribution in [1.29, 1.82) is 0 Å². The van der Waals surface area contributed by atoms with Crippen LogP contribution in [0, 0.1) is 5.82 Å². The second-order valence-corrected chi connectivity index (χ2v) is 2.78. The van der Waals surface area contributed by atoms with Gasteiger partial charge in [0.05, 0.1) is 5.56 Å². The molecular weight excluding hydrogens is 238 g/mol. The minimum atomic E-state index is -1.14. The fraction of sp³-hybridized carbons (Fsp3) is 0. The summed E-state index contributed by atoms with van der Waals surface area (Å²) in [4.78, 5) is 10.4. The summed E-state index contributed by atoms with van der Waals surface area (Å²) >= 11 is 2.98. The molecule has 0 bridgehead atoms. The van der Waals surface area contributed by atoms with Crippen LogP contribution in [0.1, 0.15) is 11.8 Å². The molecule has 0 aliphatic rings. The second kappa shape index (κ2) is 4.97. The number of rotatable bonds is 1. The molecule has 2 nitrogen and oxygen atoms in total. The van der Waals surface area contributed by atoms with Gasteiger partial charge in [0.2, 0.25) is 0 Å². The van der Waals surface area contributed by atoms with E-state index in [9.17, 15) is 9.18 Å². The van der Waals surface area contributed by atoms with E-state index < -0.39 is 11.8 Å². The standard InChI is InChI=1S/C7H4BrFO2.Na.H/c8-6-2-1-4(9)3-5(6)7(10)11;;/h1-3H,(H,10,11);;/q;+1;-1.